The first kappa shape index (κ1) is 20.1. The summed E-state index contributed by atoms with van der Waals surface area (Å²) in [5.41, 5.74) is 2.27. The summed E-state index contributed by atoms with van der Waals surface area (Å²) < 4.78 is 15.3. The highest BCUT2D eigenvalue weighted by molar-refractivity contribution is 5.94. The van der Waals surface area contributed by atoms with Crippen molar-refractivity contribution < 1.29 is 23.8 Å². The summed E-state index contributed by atoms with van der Waals surface area (Å²) in [6.07, 6.45) is 2.10. The smallest absolute Gasteiger partial charge is 0.328 e. The van der Waals surface area contributed by atoms with Crippen LogP contribution in [0, 0.1) is 0 Å². The first-order valence-corrected chi connectivity index (χ1v) is 8.98. The summed E-state index contributed by atoms with van der Waals surface area (Å²) in [6.45, 7) is 0. The molecular formula is C21H23N3O5. The van der Waals surface area contributed by atoms with Crippen molar-refractivity contribution in [2.45, 2.75) is 12.5 Å². The van der Waals surface area contributed by atoms with Gasteiger partial charge in [-0.2, -0.15) is 0 Å². The van der Waals surface area contributed by atoms with Gasteiger partial charge in [0.25, 0.3) is 0 Å². The molecule has 0 fully saturated rings. The summed E-state index contributed by atoms with van der Waals surface area (Å²) in [6, 6.07) is 11.3. The molecule has 8 nitrogen and oxygen atoms in total. The molecule has 2 aromatic carbocycles. The number of fused-ring (bicyclic) bond motifs is 1. The van der Waals surface area contributed by atoms with Gasteiger partial charge in [-0.25, -0.2) is 9.59 Å². The van der Waals surface area contributed by atoms with Crippen molar-refractivity contribution in [3.63, 3.8) is 0 Å². The lowest BCUT2D eigenvalue weighted by Gasteiger charge is -2.18. The molecule has 1 atom stereocenters. The Bertz CT molecular complexity index is 1010. The normalized spacial score (nSPS) is 11.6. The van der Waals surface area contributed by atoms with E-state index in [9.17, 15) is 9.59 Å². The van der Waals surface area contributed by atoms with Crippen molar-refractivity contribution in [3.05, 3.63) is 54.2 Å². The Hall–Kier alpha value is -3.68. The summed E-state index contributed by atoms with van der Waals surface area (Å²) in [4.78, 5) is 28.0. The number of esters is 1. The lowest BCUT2D eigenvalue weighted by Crippen LogP contribution is -2.45. The van der Waals surface area contributed by atoms with E-state index in [2.05, 4.69) is 15.6 Å². The largest absolute Gasteiger partial charge is 0.497 e. The van der Waals surface area contributed by atoms with Crippen LogP contribution in [0.25, 0.3) is 10.9 Å². The van der Waals surface area contributed by atoms with E-state index < -0.39 is 18.0 Å². The van der Waals surface area contributed by atoms with Crippen molar-refractivity contribution >= 4 is 28.6 Å². The average molecular weight is 397 g/mol. The second-order valence-corrected chi connectivity index (χ2v) is 6.30. The molecule has 1 heterocycles. The summed E-state index contributed by atoms with van der Waals surface area (Å²) in [5.74, 6) is 0.486. The van der Waals surface area contributed by atoms with Crippen LogP contribution in [0.2, 0.25) is 0 Å². The molecule has 0 aliphatic carbocycles. The minimum Gasteiger partial charge on any atom is -0.497 e. The number of H-pyrrole nitrogens is 1. The Morgan fingerprint density at radius 2 is 1.86 bits per heavy atom. The maximum atomic E-state index is 12.6. The first-order valence-electron chi connectivity index (χ1n) is 8.98. The van der Waals surface area contributed by atoms with Crippen LogP contribution >= 0.6 is 0 Å². The number of methoxy groups -OCH3 is 3. The number of anilines is 1. The topological polar surface area (TPSA) is 102 Å². The van der Waals surface area contributed by atoms with Crippen LogP contribution in [0.5, 0.6) is 11.5 Å². The van der Waals surface area contributed by atoms with Gasteiger partial charge in [-0.1, -0.05) is 18.2 Å². The number of benzene rings is 2. The van der Waals surface area contributed by atoms with Gasteiger partial charge in [0.2, 0.25) is 0 Å². The van der Waals surface area contributed by atoms with Gasteiger partial charge in [-0.3, -0.25) is 0 Å². The summed E-state index contributed by atoms with van der Waals surface area (Å²) >= 11 is 0. The monoisotopic (exact) mass is 397 g/mol. The lowest BCUT2D eigenvalue weighted by atomic mass is 10.1. The van der Waals surface area contributed by atoms with Crippen molar-refractivity contribution in [2.75, 3.05) is 26.6 Å². The number of hydrogen-bond donors (Lipinski definition) is 3. The Morgan fingerprint density at radius 3 is 2.59 bits per heavy atom. The number of urea groups is 1. The summed E-state index contributed by atoms with van der Waals surface area (Å²) in [5, 5.41) is 6.35. The molecule has 0 aliphatic rings. The summed E-state index contributed by atoms with van der Waals surface area (Å²) in [7, 11) is 4.31. The molecule has 1 aromatic heterocycles. The molecule has 2 amide bonds. The van der Waals surface area contributed by atoms with E-state index in [-0.39, 0.29) is 6.42 Å². The Balaban J connectivity index is 1.77. The molecule has 0 radical (unpaired) electrons. The Labute approximate surface area is 168 Å². The zero-order chi connectivity index (χ0) is 20.8. The number of ether oxygens (including phenoxy) is 3. The third-order valence-corrected chi connectivity index (χ3v) is 4.54. The fourth-order valence-electron chi connectivity index (χ4n) is 3.08. The van der Waals surface area contributed by atoms with Gasteiger partial charge < -0.3 is 29.8 Å². The maximum Gasteiger partial charge on any atom is 0.328 e. The number of aromatic nitrogens is 1. The highest BCUT2D eigenvalue weighted by atomic mass is 16.5. The molecule has 0 saturated heterocycles. The van der Waals surface area contributed by atoms with Crippen LogP contribution in [0.1, 0.15) is 5.56 Å². The lowest BCUT2D eigenvalue weighted by molar-refractivity contribution is -0.142. The highest BCUT2D eigenvalue weighted by Crippen LogP contribution is 2.28. The van der Waals surface area contributed by atoms with Gasteiger partial charge in [-0.15, -0.1) is 0 Å². The third-order valence-electron chi connectivity index (χ3n) is 4.54. The van der Waals surface area contributed by atoms with Crippen LogP contribution in [-0.2, 0) is 16.0 Å². The van der Waals surface area contributed by atoms with Crippen molar-refractivity contribution in [2.24, 2.45) is 0 Å². The van der Waals surface area contributed by atoms with Gasteiger partial charge in [0.05, 0.1) is 27.0 Å². The number of hydrogen-bond acceptors (Lipinski definition) is 5. The van der Waals surface area contributed by atoms with Crippen LogP contribution < -0.4 is 20.1 Å². The van der Waals surface area contributed by atoms with Gasteiger partial charge in [-0.05, 0) is 23.8 Å². The number of carbonyl (C=O) groups is 2. The molecule has 0 spiro atoms. The molecule has 29 heavy (non-hydrogen) atoms. The predicted molar refractivity (Wildman–Crippen MR) is 110 cm³/mol. The molecule has 0 saturated carbocycles. The number of nitrogens with one attached hydrogen (secondary N) is 3. The van der Waals surface area contributed by atoms with Crippen LogP contribution in [0.3, 0.4) is 0 Å². The van der Waals surface area contributed by atoms with Crippen LogP contribution in [0.4, 0.5) is 10.5 Å². The van der Waals surface area contributed by atoms with Crippen LogP contribution in [-0.4, -0.2) is 44.4 Å². The van der Waals surface area contributed by atoms with E-state index in [1.165, 1.54) is 21.3 Å². The van der Waals surface area contributed by atoms with E-state index in [0.29, 0.717) is 17.2 Å². The standard InChI is InChI=1S/C21H23N3O5/c1-27-14-8-9-19(28-2)17(11-14)23-21(26)24-18(20(25)29-3)10-13-12-22-16-7-5-4-6-15(13)16/h4-9,11-12,18,22H,10H2,1-3H3,(H2,23,24,26). The molecule has 3 aromatic rings. The molecule has 3 N–H and O–H groups in total. The quantitative estimate of drug-likeness (QED) is 0.532. The van der Waals surface area contributed by atoms with Gasteiger partial charge in [0, 0.05) is 29.6 Å². The van der Waals surface area contributed by atoms with Crippen molar-refractivity contribution in [1.29, 1.82) is 0 Å². The maximum absolute atomic E-state index is 12.6. The zero-order valence-electron chi connectivity index (χ0n) is 16.4. The van der Waals surface area contributed by atoms with Gasteiger partial charge in [0.15, 0.2) is 0 Å². The molecular weight excluding hydrogens is 374 g/mol. The number of aromatic amines is 1. The van der Waals surface area contributed by atoms with E-state index in [4.69, 9.17) is 14.2 Å². The van der Waals surface area contributed by atoms with E-state index >= 15 is 0 Å². The van der Waals surface area contributed by atoms with E-state index in [0.717, 1.165) is 16.5 Å². The Kier molecular flexibility index (Phi) is 6.23. The zero-order valence-corrected chi connectivity index (χ0v) is 16.4. The Morgan fingerprint density at radius 1 is 1.07 bits per heavy atom. The first-order chi connectivity index (χ1) is 14.0. The molecule has 8 heteroatoms. The SMILES string of the molecule is COC(=O)C(Cc1c[nH]c2ccccc12)NC(=O)Nc1cc(OC)ccc1OC. The average Bonchev–Trinajstić information content (AvgIpc) is 3.15. The molecule has 1 unspecified atom stereocenters. The number of amides is 2. The molecule has 0 aliphatic heterocycles. The van der Waals surface area contributed by atoms with Crippen molar-refractivity contribution in [1.82, 2.24) is 10.3 Å². The molecule has 152 valence electrons. The van der Waals surface area contributed by atoms with E-state index in [1.807, 2.05) is 30.5 Å². The predicted octanol–water partition coefficient (Wildman–Crippen LogP) is 3.09. The van der Waals surface area contributed by atoms with Crippen LogP contribution in [0.15, 0.2) is 48.7 Å². The minimum atomic E-state index is -0.865. The molecule has 3 rings (SSSR count). The number of rotatable bonds is 7. The fraction of sp³-hybridized carbons (Fsp3) is 0.238. The fourth-order valence-corrected chi connectivity index (χ4v) is 3.08. The molecule has 0 bridgehead atoms. The number of para-hydroxylation sites is 1. The van der Waals surface area contributed by atoms with E-state index in [1.54, 1.807) is 18.2 Å². The van der Waals surface area contributed by atoms with Crippen molar-refractivity contribution in [3.8, 4) is 11.5 Å². The third kappa shape index (κ3) is 4.60. The second-order valence-electron chi connectivity index (χ2n) is 6.30. The minimum absolute atomic E-state index is 0.277. The second kappa shape index (κ2) is 9.01. The van der Waals surface area contributed by atoms with Gasteiger partial charge >= 0.3 is 12.0 Å². The van der Waals surface area contributed by atoms with Gasteiger partial charge in [0.1, 0.15) is 17.5 Å². The highest BCUT2D eigenvalue weighted by Gasteiger charge is 2.24. The number of carbonyl (C=O) groups excluding carboxylic acids is 2.